The SMILES string of the molecule is NCCc1cc(Cl)cc2cccnc12. The third kappa shape index (κ3) is 1.72. The molecule has 2 rings (SSSR count). The molecule has 0 saturated heterocycles. The van der Waals surface area contributed by atoms with Crippen molar-refractivity contribution in [2.45, 2.75) is 6.42 Å². The smallest absolute Gasteiger partial charge is 0.0735 e. The van der Waals surface area contributed by atoms with Gasteiger partial charge in [-0.15, -0.1) is 0 Å². The van der Waals surface area contributed by atoms with Crippen LogP contribution in [-0.2, 0) is 6.42 Å². The second-order valence-electron chi connectivity index (χ2n) is 3.18. The molecule has 0 radical (unpaired) electrons. The summed E-state index contributed by atoms with van der Waals surface area (Å²) in [5.41, 5.74) is 7.65. The molecule has 14 heavy (non-hydrogen) atoms. The standard InChI is InChI=1S/C11H11ClN2/c12-10-6-8-2-1-5-14-11(8)9(7-10)3-4-13/h1-2,5-7H,3-4,13H2. The third-order valence-corrected chi connectivity index (χ3v) is 2.38. The van der Waals surface area contributed by atoms with Crippen LogP contribution < -0.4 is 5.73 Å². The Morgan fingerprint density at radius 2 is 2.21 bits per heavy atom. The van der Waals surface area contributed by atoms with Crippen LogP contribution in [0.3, 0.4) is 0 Å². The van der Waals surface area contributed by atoms with Crippen LogP contribution in [0.1, 0.15) is 5.56 Å². The first kappa shape index (κ1) is 9.44. The van der Waals surface area contributed by atoms with Gasteiger partial charge in [0.05, 0.1) is 5.52 Å². The van der Waals surface area contributed by atoms with E-state index in [4.69, 9.17) is 17.3 Å². The number of fused-ring (bicyclic) bond motifs is 1. The molecule has 72 valence electrons. The second-order valence-corrected chi connectivity index (χ2v) is 3.62. The lowest BCUT2D eigenvalue weighted by Crippen LogP contribution is -2.03. The van der Waals surface area contributed by atoms with Crippen LogP contribution in [-0.4, -0.2) is 11.5 Å². The molecule has 1 aromatic carbocycles. The molecule has 0 aliphatic rings. The lowest BCUT2D eigenvalue weighted by Gasteiger charge is -2.04. The maximum Gasteiger partial charge on any atom is 0.0735 e. The molecule has 0 saturated carbocycles. The highest BCUT2D eigenvalue weighted by molar-refractivity contribution is 6.31. The number of benzene rings is 1. The Hall–Kier alpha value is -1.12. The van der Waals surface area contributed by atoms with Gasteiger partial charge in [0, 0.05) is 16.6 Å². The minimum Gasteiger partial charge on any atom is -0.330 e. The number of hydrogen-bond donors (Lipinski definition) is 1. The van der Waals surface area contributed by atoms with Crippen molar-refractivity contribution in [3.05, 3.63) is 41.0 Å². The van der Waals surface area contributed by atoms with E-state index < -0.39 is 0 Å². The molecule has 0 bridgehead atoms. The summed E-state index contributed by atoms with van der Waals surface area (Å²) in [5, 5.41) is 1.82. The molecule has 0 spiro atoms. The van der Waals surface area contributed by atoms with Gasteiger partial charge in [0.1, 0.15) is 0 Å². The van der Waals surface area contributed by atoms with Crippen LogP contribution in [0.4, 0.5) is 0 Å². The first-order valence-electron chi connectivity index (χ1n) is 4.54. The lowest BCUT2D eigenvalue weighted by atomic mass is 10.1. The first-order chi connectivity index (χ1) is 6.81. The predicted molar refractivity (Wildman–Crippen MR) is 59.5 cm³/mol. The van der Waals surface area contributed by atoms with Crippen LogP contribution in [0.2, 0.25) is 5.02 Å². The van der Waals surface area contributed by atoms with Crippen LogP contribution in [0, 0.1) is 0 Å². The van der Waals surface area contributed by atoms with Gasteiger partial charge in [0.25, 0.3) is 0 Å². The molecule has 2 aromatic rings. The summed E-state index contributed by atoms with van der Waals surface area (Å²) in [7, 11) is 0. The highest BCUT2D eigenvalue weighted by Gasteiger charge is 2.02. The topological polar surface area (TPSA) is 38.9 Å². The number of halogens is 1. The summed E-state index contributed by atoms with van der Waals surface area (Å²) >= 11 is 5.99. The minimum atomic E-state index is 0.617. The summed E-state index contributed by atoms with van der Waals surface area (Å²) in [5.74, 6) is 0. The summed E-state index contributed by atoms with van der Waals surface area (Å²) in [4.78, 5) is 4.33. The number of rotatable bonds is 2. The van der Waals surface area contributed by atoms with Gasteiger partial charge in [-0.05, 0) is 36.7 Å². The van der Waals surface area contributed by atoms with E-state index in [1.807, 2.05) is 24.3 Å². The van der Waals surface area contributed by atoms with E-state index in [1.165, 1.54) is 0 Å². The normalized spacial score (nSPS) is 10.7. The van der Waals surface area contributed by atoms with Gasteiger partial charge in [-0.1, -0.05) is 17.7 Å². The van der Waals surface area contributed by atoms with Crippen molar-refractivity contribution < 1.29 is 0 Å². The van der Waals surface area contributed by atoms with E-state index in [2.05, 4.69) is 4.98 Å². The van der Waals surface area contributed by atoms with Gasteiger partial charge in [-0.3, -0.25) is 4.98 Å². The van der Waals surface area contributed by atoms with Crippen molar-refractivity contribution in [3.8, 4) is 0 Å². The summed E-state index contributed by atoms with van der Waals surface area (Å²) < 4.78 is 0. The molecule has 0 unspecified atom stereocenters. The van der Waals surface area contributed by atoms with Crippen LogP contribution in [0.15, 0.2) is 30.5 Å². The molecular weight excluding hydrogens is 196 g/mol. The van der Waals surface area contributed by atoms with Crippen molar-refractivity contribution in [2.75, 3.05) is 6.54 Å². The Kier molecular flexibility index (Phi) is 2.66. The van der Waals surface area contributed by atoms with Crippen molar-refractivity contribution >= 4 is 22.5 Å². The fourth-order valence-electron chi connectivity index (χ4n) is 1.57. The van der Waals surface area contributed by atoms with E-state index >= 15 is 0 Å². The van der Waals surface area contributed by atoms with Gasteiger partial charge < -0.3 is 5.73 Å². The molecule has 2 nitrogen and oxygen atoms in total. The fourth-order valence-corrected chi connectivity index (χ4v) is 1.82. The fraction of sp³-hybridized carbons (Fsp3) is 0.182. The van der Waals surface area contributed by atoms with E-state index in [1.54, 1.807) is 6.20 Å². The van der Waals surface area contributed by atoms with Crippen molar-refractivity contribution in [3.63, 3.8) is 0 Å². The van der Waals surface area contributed by atoms with E-state index in [-0.39, 0.29) is 0 Å². The molecule has 1 heterocycles. The maximum atomic E-state index is 5.99. The first-order valence-corrected chi connectivity index (χ1v) is 4.92. The monoisotopic (exact) mass is 206 g/mol. The second kappa shape index (κ2) is 3.95. The number of aromatic nitrogens is 1. The summed E-state index contributed by atoms with van der Waals surface area (Å²) in [6.45, 7) is 0.617. The van der Waals surface area contributed by atoms with Gasteiger partial charge in [-0.25, -0.2) is 0 Å². The predicted octanol–water partition coefficient (Wildman–Crippen LogP) is 2.39. The number of hydrogen-bond acceptors (Lipinski definition) is 2. The minimum absolute atomic E-state index is 0.617. The molecule has 2 N–H and O–H groups in total. The number of nitrogens with two attached hydrogens (primary N) is 1. The molecule has 0 atom stereocenters. The Balaban J connectivity index is 2.67. The van der Waals surface area contributed by atoms with Gasteiger partial charge in [0.15, 0.2) is 0 Å². The molecule has 1 aromatic heterocycles. The zero-order valence-electron chi connectivity index (χ0n) is 7.70. The molecule has 3 heteroatoms. The zero-order valence-corrected chi connectivity index (χ0v) is 8.46. The van der Waals surface area contributed by atoms with Crippen LogP contribution in [0.5, 0.6) is 0 Å². The van der Waals surface area contributed by atoms with Crippen molar-refractivity contribution in [1.82, 2.24) is 4.98 Å². The van der Waals surface area contributed by atoms with Crippen LogP contribution in [0.25, 0.3) is 10.9 Å². The highest BCUT2D eigenvalue weighted by Crippen LogP contribution is 2.22. The Morgan fingerprint density at radius 3 is 3.00 bits per heavy atom. The summed E-state index contributed by atoms with van der Waals surface area (Å²) in [6.07, 6.45) is 2.60. The van der Waals surface area contributed by atoms with E-state index in [9.17, 15) is 0 Å². The number of pyridine rings is 1. The quantitative estimate of drug-likeness (QED) is 0.820. The Morgan fingerprint density at radius 1 is 1.36 bits per heavy atom. The Bertz CT molecular complexity index is 454. The summed E-state index contributed by atoms with van der Waals surface area (Å²) in [6, 6.07) is 7.77. The third-order valence-electron chi connectivity index (χ3n) is 2.16. The molecule has 0 fully saturated rings. The van der Waals surface area contributed by atoms with E-state index in [0.29, 0.717) is 6.54 Å². The zero-order chi connectivity index (χ0) is 9.97. The molecule has 0 aliphatic heterocycles. The van der Waals surface area contributed by atoms with E-state index in [0.717, 1.165) is 27.9 Å². The molecular formula is C11H11ClN2. The maximum absolute atomic E-state index is 5.99. The average molecular weight is 207 g/mol. The van der Waals surface area contributed by atoms with Gasteiger partial charge in [0.2, 0.25) is 0 Å². The average Bonchev–Trinajstić information content (AvgIpc) is 2.18. The van der Waals surface area contributed by atoms with Crippen LogP contribution >= 0.6 is 11.6 Å². The van der Waals surface area contributed by atoms with Crippen molar-refractivity contribution in [2.24, 2.45) is 5.73 Å². The number of nitrogens with zero attached hydrogens (tertiary/aromatic N) is 1. The Labute approximate surface area is 87.7 Å². The largest absolute Gasteiger partial charge is 0.330 e. The highest BCUT2D eigenvalue weighted by atomic mass is 35.5. The van der Waals surface area contributed by atoms with Gasteiger partial charge in [-0.2, -0.15) is 0 Å². The molecule has 0 amide bonds. The van der Waals surface area contributed by atoms with Gasteiger partial charge >= 0.3 is 0 Å². The molecule has 0 aliphatic carbocycles. The lowest BCUT2D eigenvalue weighted by molar-refractivity contribution is 0.973. The van der Waals surface area contributed by atoms with Crippen molar-refractivity contribution in [1.29, 1.82) is 0 Å².